The van der Waals surface area contributed by atoms with Gasteiger partial charge in [0.2, 0.25) is 0 Å². The topological polar surface area (TPSA) is 20.2 Å². The SMILES string of the molecule is CCCCCCCCCCC(O)CCCCCC(C)C. The van der Waals surface area contributed by atoms with Gasteiger partial charge in [-0.1, -0.05) is 97.8 Å². The smallest absolute Gasteiger partial charge is 0.0540 e. The Hall–Kier alpha value is -0.0400. The third-order valence-corrected chi connectivity index (χ3v) is 4.21. The van der Waals surface area contributed by atoms with Crippen LogP contribution in [0, 0.1) is 5.92 Å². The molecule has 1 atom stereocenters. The van der Waals surface area contributed by atoms with Crippen molar-refractivity contribution in [3.05, 3.63) is 0 Å². The van der Waals surface area contributed by atoms with Crippen LogP contribution in [0.15, 0.2) is 0 Å². The summed E-state index contributed by atoms with van der Waals surface area (Å²) in [7, 11) is 0. The standard InChI is InChI=1S/C19H40O/c1-4-5-6-7-8-9-10-13-16-19(20)17-14-11-12-15-18(2)3/h18-20H,4-17H2,1-3H3. The highest BCUT2D eigenvalue weighted by molar-refractivity contribution is 4.58. The summed E-state index contributed by atoms with van der Waals surface area (Å²) in [6.07, 6.45) is 18.1. The summed E-state index contributed by atoms with van der Waals surface area (Å²) in [5.41, 5.74) is 0. The summed E-state index contributed by atoms with van der Waals surface area (Å²) >= 11 is 0. The maximum absolute atomic E-state index is 9.93. The second kappa shape index (κ2) is 15.4. The van der Waals surface area contributed by atoms with E-state index in [1.807, 2.05) is 0 Å². The Kier molecular flexibility index (Phi) is 15.3. The average Bonchev–Trinajstić information content (AvgIpc) is 2.41. The van der Waals surface area contributed by atoms with Crippen molar-refractivity contribution >= 4 is 0 Å². The Morgan fingerprint density at radius 3 is 1.50 bits per heavy atom. The molecule has 0 radical (unpaired) electrons. The normalized spacial score (nSPS) is 13.1. The van der Waals surface area contributed by atoms with Crippen LogP contribution in [-0.4, -0.2) is 11.2 Å². The molecule has 0 saturated carbocycles. The quantitative estimate of drug-likeness (QED) is 0.341. The average molecular weight is 285 g/mol. The second-order valence-electron chi connectivity index (χ2n) is 6.95. The Morgan fingerprint density at radius 2 is 1.00 bits per heavy atom. The van der Waals surface area contributed by atoms with Gasteiger partial charge in [0.1, 0.15) is 0 Å². The molecular weight excluding hydrogens is 244 g/mol. The molecule has 0 heterocycles. The Balaban J connectivity index is 3.14. The van der Waals surface area contributed by atoms with Crippen LogP contribution in [0.1, 0.15) is 111 Å². The minimum atomic E-state index is -0.0332. The summed E-state index contributed by atoms with van der Waals surface area (Å²) in [6.45, 7) is 6.85. The molecule has 0 aliphatic rings. The fraction of sp³-hybridized carbons (Fsp3) is 1.00. The number of unbranched alkanes of at least 4 members (excludes halogenated alkanes) is 9. The van der Waals surface area contributed by atoms with Crippen molar-refractivity contribution < 1.29 is 5.11 Å². The van der Waals surface area contributed by atoms with Crippen LogP contribution >= 0.6 is 0 Å². The van der Waals surface area contributed by atoms with Gasteiger partial charge >= 0.3 is 0 Å². The molecule has 0 saturated heterocycles. The number of hydrogen-bond acceptors (Lipinski definition) is 1. The molecule has 1 unspecified atom stereocenters. The van der Waals surface area contributed by atoms with E-state index in [-0.39, 0.29) is 6.10 Å². The van der Waals surface area contributed by atoms with Crippen molar-refractivity contribution in [2.45, 2.75) is 117 Å². The summed E-state index contributed by atoms with van der Waals surface area (Å²) in [4.78, 5) is 0. The lowest BCUT2D eigenvalue weighted by Crippen LogP contribution is -2.06. The van der Waals surface area contributed by atoms with E-state index >= 15 is 0 Å². The molecule has 0 aromatic rings. The molecule has 0 rings (SSSR count). The third kappa shape index (κ3) is 16.0. The number of rotatable bonds is 15. The van der Waals surface area contributed by atoms with E-state index in [4.69, 9.17) is 0 Å². The lowest BCUT2D eigenvalue weighted by Gasteiger charge is -2.10. The Bertz CT molecular complexity index is 177. The molecule has 0 aliphatic carbocycles. The highest BCUT2D eigenvalue weighted by atomic mass is 16.3. The van der Waals surface area contributed by atoms with E-state index in [9.17, 15) is 5.11 Å². The van der Waals surface area contributed by atoms with Gasteiger partial charge in [0, 0.05) is 0 Å². The highest BCUT2D eigenvalue weighted by Crippen LogP contribution is 2.15. The van der Waals surface area contributed by atoms with Crippen molar-refractivity contribution in [3.63, 3.8) is 0 Å². The fourth-order valence-electron chi connectivity index (χ4n) is 2.77. The van der Waals surface area contributed by atoms with E-state index in [1.165, 1.54) is 77.0 Å². The van der Waals surface area contributed by atoms with Crippen molar-refractivity contribution in [3.8, 4) is 0 Å². The molecular formula is C19H40O. The van der Waals surface area contributed by atoms with Crippen LogP contribution in [0.25, 0.3) is 0 Å². The minimum absolute atomic E-state index is 0.0332. The van der Waals surface area contributed by atoms with Gasteiger partial charge in [-0.05, 0) is 18.8 Å². The van der Waals surface area contributed by atoms with Crippen LogP contribution < -0.4 is 0 Å². The van der Waals surface area contributed by atoms with Gasteiger partial charge in [-0.25, -0.2) is 0 Å². The van der Waals surface area contributed by atoms with Gasteiger partial charge < -0.3 is 5.11 Å². The predicted octanol–water partition coefficient (Wildman–Crippen LogP) is 6.48. The molecule has 122 valence electrons. The number of hydrogen-bond donors (Lipinski definition) is 1. The predicted molar refractivity (Wildman–Crippen MR) is 91.2 cm³/mol. The first-order valence-electron chi connectivity index (χ1n) is 9.34. The van der Waals surface area contributed by atoms with Gasteiger partial charge in [0.15, 0.2) is 0 Å². The third-order valence-electron chi connectivity index (χ3n) is 4.21. The monoisotopic (exact) mass is 284 g/mol. The van der Waals surface area contributed by atoms with E-state index in [2.05, 4.69) is 20.8 Å². The first-order valence-corrected chi connectivity index (χ1v) is 9.34. The first-order chi connectivity index (χ1) is 9.66. The Morgan fingerprint density at radius 1 is 0.600 bits per heavy atom. The first kappa shape index (κ1) is 20.0. The van der Waals surface area contributed by atoms with Crippen molar-refractivity contribution in [2.24, 2.45) is 5.92 Å². The zero-order valence-corrected chi connectivity index (χ0v) is 14.5. The summed E-state index contributed by atoms with van der Waals surface area (Å²) < 4.78 is 0. The van der Waals surface area contributed by atoms with E-state index < -0.39 is 0 Å². The Labute approximate surface area is 128 Å². The number of aliphatic hydroxyl groups excluding tert-OH is 1. The highest BCUT2D eigenvalue weighted by Gasteiger charge is 2.04. The molecule has 0 spiro atoms. The number of aliphatic hydroxyl groups is 1. The van der Waals surface area contributed by atoms with Crippen LogP contribution in [0.3, 0.4) is 0 Å². The van der Waals surface area contributed by atoms with E-state index in [0.717, 1.165) is 18.8 Å². The van der Waals surface area contributed by atoms with Crippen LogP contribution in [0.4, 0.5) is 0 Å². The van der Waals surface area contributed by atoms with E-state index in [1.54, 1.807) is 0 Å². The van der Waals surface area contributed by atoms with E-state index in [0.29, 0.717) is 0 Å². The lowest BCUT2D eigenvalue weighted by molar-refractivity contribution is 0.147. The maximum Gasteiger partial charge on any atom is 0.0540 e. The zero-order valence-electron chi connectivity index (χ0n) is 14.5. The van der Waals surface area contributed by atoms with Crippen LogP contribution in [0.5, 0.6) is 0 Å². The van der Waals surface area contributed by atoms with Gasteiger partial charge in [0.25, 0.3) is 0 Å². The van der Waals surface area contributed by atoms with Gasteiger partial charge in [0.05, 0.1) is 6.10 Å². The van der Waals surface area contributed by atoms with Gasteiger partial charge in [-0.2, -0.15) is 0 Å². The lowest BCUT2D eigenvalue weighted by atomic mass is 10.0. The molecule has 0 aromatic heterocycles. The van der Waals surface area contributed by atoms with Crippen LogP contribution in [-0.2, 0) is 0 Å². The van der Waals surface area contributed by atoms with Crippen molar-refractivity contribution in [2.75, 3.05) is 0 Å². The molecule has 0 amide bonds. The summed E-state index contributed by atoms with van der Waals surface area (Å²) in [5, 5.41) is 9.93. The largest absolute Gasteiger partial charge is 0.393 e. The molecule has 1 heteroatoms. The van der Waals surface area contributed by atoms with Crippen LogP contribution in [0.2, 0.25) is 0 Å². The molecule has 0 fully saturated rings. The zero-order chi connectivity index (χ0) is 15.1. The molecule has 1 nitrogen and oxygen atoms in total. The molecule has 0 aromatic carbocycles. The van der Waals surface area contributed by atoms with Gasteiger partial charge in [-0.3, -0.25) is 0 Å². The maximum atomic E-state index is 9.93. The molecule has 20 heavy (non-hydrogen) atoms. The summed E-state index contributed by atoms with van der Waals surface area (Å²) in [5.74, 6) is 0.831. The summed E-state index contributed by atoms with van der Waals surface area (Å²) in [6, 6.07) is 0. The fourth-order valence-corrected chi connectivity index (χ4v) is 2.77. The van der Waals surface area contributed by atoms with Crippen molar-refractivity contribution in [1.82, 2.24) is 0 Å². The minimum Gasteiger partial charge on any atom is -0.393 e. The molecule has 0 aliphatic heterocycles. The molecule has 1 N–H and O–H groups in total. The second-order valence-corrected chi connectivity index (χ2v) is 6.95. The molecule has 0 bridgehead atoms. The van der Waals surface area contributed by atoms with Gasteiger partial charge in [-0.15, -0.1) is 0 Å². The van der Waals surface area contributed by atoms with Crippen molar-refractivity contribution in [1.29, 1.82) is 0 Å².